The lowest BCUT2D eigenvalue weighted by atomic mass is 10.00. The minimum absolute atomic E-state index is 0.0753. The first kappa shape index (κ1) is 15.8. The van der Waals surface area contributed by atoms with Gasteiger partial charge in [0.1, 0.15) is 5.69 Å². The van der Waals surface area contributed by atoms with Crippen molar-refractivity contribution >= 4 is 22.7 Å². The summed E-state index contributed by atoms with van der Waals surface area (Å²) in [5.41, 5.74) is 4.23. The lowest BCUT2D eigenvalue weighted by Crippen LogP contribution is -2.35. The molecule has 0 unspecified atom stereocenters. The number of amides is 1. The Bertz CT molecular complexity index is 1140. The number of carbonyl (C=O) groups is 1. The van der Waals surface area contributed by atoms with Crippen molar-refractivity contribution in [2.24, 2.45) is 0 Å². The standard InChI is InChI=1S/C21H17N3O3/c1-13-19-15(12-16(18-9-5-11-26-18)22-20(19)27-23-13)21(25)24-10-4-7-14-6-2-3-8-17(14)24/h2-3,5-6,8-9,11-12H,4,7,10H2,1H3. The molecule has 5 rings (SSSR count). The van der Waals surface area contributed by atoms with Crippen LogP contribution in [0.1, 0.15) is 28.0 Å². The number of furan rings is 1. The number of para-hydroxylation sites is 1. The first-order valence-electron chi connectivity index (χ1n) is 8.93. The highest BCUT2D eigenvalue weighted by atomic mass is 16.5. The zero-order chi connectivity index (χ0) is 18.4. The van der Waals surface area contributed by atoms with Gasteiger partial charge in [0.25, 0.3) is 11.6 Å². The highest BCUT2D eigenvalue weighted by Gasteiger charge is 2.27. The van der Waals surface area contributed by atoms with Crippen LogP contribution in [0.4, 0.5) is 5.69 Å². The molecule has 134 valence electrons. The van der Waals surface area contributed by atoms with Crippen LogP contribution < -0.4 is 4.90 Å². The second kappa shape index (κ2) is 6.09. The van der Waals surface area contributed by atoms with Gasteiger partial charge < -0.3 is 13.8 Å². The van der Waals surface area contributed by atoms with Gasteiger partial charge in [-0.3, -0.25) is 4.79 Å². The largest absolute Gasteiger partial charge is 0.463 e. The number of nitrogens with zero attached hydrogens (tertiary/aromatic N) is 3. The van der Waals surface area contributed by atoms with Crippen LogP contribution in [0.25, 0.3) is 22.6 Å². The minimum atomic E-state index is -0.0753. The van der Waals surface area contributed by atoms with E-state index in [1.165, 1.54) is 5.56 Å². The van der Waals surface area contributed by atoms with Crippen molar-refractivity contribution in [1.82, 2.24) is 10.1 Å². The molecule has 0 N–H and O–H groups in total. The SMILES string of the molecule is Cc1noc2nc(-c3ccco3)cc(C(=O)N3CCCc4ccccc43)c12. The average molecular weight is 359 g/mol. The number of pyridine rings is 1. The minimum Gasteiger partial charge on any atom is -0.463 e. The Balaban J connectivity index is 1.68. The lowest BCUT2D eigenvalue weighted by molar-refractivity contribution is 0.0986. The molecule has 1 amide bonds. The molecule has 0 bridgehead atoms. The third-order valence-electron chi connectivity index (χ3n) is 4.98. The van der Waals surface area contributed by atoms with Gasteiger partial charge in [-0.1, -0.05) is 23.4 Å². The summed E-state index contributed by atoms with van der Waals surface area (Å²) in [6.07, 6.45) is 3.50. The van der Waals surface area contributed by atoms with Crippen molar-refractivity contribution in [2.75, 3.05) is 11.4 Å². The van der Waals surface area contributed by atoms with Crippen LogP contribution in [-0.4, -0.2) is 22.6 Å². The molecule has 6 heteroatoms. The summed E-state index contributed by atoms with van der Waals surface area (Å²) in [7, 11) is 0. The van der Waals surface area contributed by atoms with Crippen LogP contribution >= 0.6 is 0 Å². The quantitative estimate of drug-likeness (QED) is 0.531. The molecule has 0 saturated carbocycles. The second-order valence-corrected chi connectivity index (χ2v) is 6.67. The Morgan fingerprint density at radius 1 is 1.19 bits per heavy atom. The molecular weight excluding hydrogens is 342 g/mol. The molecule has 3 aromatic heterocycles. The van der Waals surface area contributed by atoms with Gasteiger partial charge in [0, 0.05) is 12.2 Å². The summed E-state index contributed by atoms with van der Waals surface area (Å²) in [4.78, 5) is 19.9. The first-order valence-corrected chi connectivity index (χ1v) is 8.93. The number of rotatable bonds is 2. The molecule has 27 heavy (non-hydrogen) atoms. The van der Waals surface area contributed by atoms with Crippen LogP contribution in [0, 0.1) is 6.92 Å². The zero-order valence-electron chi connectivity index (χ0n) is 14.8. The van der Waals surface area contributed by atoms with Crippen LogP contribution in [0.3, 0.4) is 0 Å². The van der Waals surface area contributed by atoms with E-state index >= 15 is 0 Å². The molecule has 6 nitrogen and oxygen atoms in total. The zero-order valence-corrected chi connectivity index (χ0v) is 14.8. The maximum Gasteiger partial charge on any atom is 0.259 e. The predicted octanol–water partition coefficient (Wildman–Crippen LogP) is 4.38. The topological polar surface area (TPSA) is 72.4 Å². The molecule has 0 aliphatic carbocycles. The van der Waals surface area contributed by atoms with Gasteiger partial charge in [-0.25, -0.2) is 4.98 Å². The molecular formula is C21H17N3O3. The number of aromatic nitrogens is 2. The predicted molar refractivity (Wildman–Crippen MR) is 101 cm³/mol. The van der Waals surface area contributed by atoms with E-state index in [0.29, 0.717) is 40.4 Å². The van der Waals surface area contributed by atoms with Crippen molar-refractivity contribution in [1.29, 1.82) is 0 Å². The maximum atomic E-state index is 13.5. The summed E-state index contributed by atoms with van der Waals surface area (Å²) in [5.74, 6) is 0.507. The smallest absolute Gasteiger partial charge is 0.259 e. The van der Waals surface area contributed by atoms with Gasteiger partial charge in [0.2, 0.25) is 0 Å². The molecule has 0 spiro atoms. The van der Waals surface area contributed by atoms with E-state index in [0.717, 1.165) is 18.5 Å². The normalized spacial score (nSPS) is 13.7. The third-order valence-corrected chi connectivity index (χ3v) is 4.98. The van der Waals surface area contributed by atoms with E-state index in [-0.39, 0.29) is 5.91 Å². The van der Waals surface area contributed by atoms with Crippen LogP contribution in [0.5, 0.6) is 0 Å². The summed E-state index contributed by atoms with van der Waals surface area (Å²) < 4.78 is 10.8. The molecule has 0 atom stereocenters. The fourth-order valence-electron chi connectivity index (χ4n) is 3.70. The Kier molecular flexibility index (Phi) is 3.57. The number of carbonyl (C=O) groups excluding carboxylic acids is 1. The van der Waals surface area contributed by atoms with Crippen LogP contribution in [-0.2, 0) is 6.42 Å². The molecule has 0 saturated heterocycles. The maximum absolute atomic E-state index is 13.5. The molecule has 0 fully saturated rings. The lowest BCUT2D eigenvalue weighted by Gasteiger charge is -2.29. The summed E-state index contributed by atoms with van der Waals surface area (Å²) >= 11 is 0. The van der Waals surface area contributed by atoms with Crippen molar-refractivity contribution in [2.45, 2.75) is 19.8 Å². The van der Waals surface area contributed by atoms with Gasteiger partial charge in [0.05, 0.1) is 22.9 Å². The van der Waals surface area contributed by atoms with Crippen molar-refractivity contribution < 1.29 is 13.7 Å². The Morgan fingerprint density at radius 3 is 2.93 bits per heavy atom. The number of benzene rings is 1. The second-order valence-electron chi connectivity index (χ2n) is 6.67. The molecule has 1 aromatic carbocycles. The molecule has 0 radical (unpaired) electrons. The Hall–Kier alpha value is -3.41. The fourth-order valence-corrected chi connectivity index (χ4v) is 3.70. The van der Waals surface area contributed by atoms with Gasteiger partial charge >= 0.3 is 0 Å². The molecule has 4 aromatic rings. The van der Waals surface area contributed by atoms with Gasteiger partial charge in [-0.05, 0) is 49.6 Å². The number of anilines is 1. The number of hydrogen-bond donors (Lipinski definition) is 0. The third kappa shape index (κ3) is 2.52. The van der Waals surface area contributed by atoms with Crippen molar-refractivity contribution in [3.05, 3.63) is 65.5 Å². The van der Waals surface area contributed by atoms with Gasteiger partial charge in [0.15, 0.2) is 5.76 Å². The van der Waals surface area contributed by atoms with E-state index < -0.39 is 0 Å². The van der Waals surface area contributed by atoms with Gasteiger partial charge in [-0.15, -0.1) is 0 Å². The number of aryl methyl sites for hydroxylation is 2. The van der Waals surface area contributed by atoms with E-state index in [9.17, 15) is 4.79 Å². The van der Waals surface area contributed by atoms with E-state index in [1.54, 1.807) is 18.4 Å². The summed E-state index contributed by atoms with van der Waals surface area (Å²) in [6.45, 7) is 2.50. The van der Waals surface area contributed by atoms with Gasteiger partial charge in [-0.2, -0.15) is 0 Å². The monoisotopic (exact) mass is 359 g/mol. The van der Waals surface area contributed by atoms with E-state index in [2.05, 4.69) is 16.2 Å². The van der Waals surface area contributed by atoms with Crippen molar-refractivity contribution in [3.8, 4) is 11.5 Å². The highest BCUT2D eigenvalue weighted by molar-refractivity contribution is 6.14. The van der Waals surface area contributed by atoms with Crippen molar-refractivity contribution in [3.63, 3.8) is 0 Å². The van der Waals surface area contributed by atoms with Crippen LogP contribution in [0.2, 0.25) is 0 Å². The van der Waals surface area contributed by atoms with E-state index in [4.69, 9.17) is 8.94 Å². The summed E-state index contributed by atoms with van der Waals surface area (Å²) in [5, 5.41) is 4.66. The molecule has 1 aliphatic heterocycles. The van der Waals surface area contributed by atoms with Crippen LogP contribution in [0.15, 0.2) is 57.7 Å². The number of fused-ring (bicyclic) bond motifs is 2. The molecule has 1 aliphatic rings. The Morgan fingerprint density at radius 2 is 2.07 bits per heavy atom. The highest BCUT2D eigenvalue weighted by Crippen LogP contribution is 2.32. The van der Waals surface area contributed by atoms with E-state index in [1.807, 2.05) is 36.1 Å². The number of hydrogen-bond acceptors (Lipinski definition) is 5. The fraction of sp³-hybridized carbons (Fsp3) is 0.190. The molecule has 4 heterocycles. The Labute approximate surface area is 155 Å². The average Bonchev–Trinajstić information content (AvgIpc) is 3.37. The summed E-state index contributed by atoms with van der Waals surface area (Å²) in [6, 6.07) is 13.4. The first-order chi connectivity index (χ1) is 13.2.